The lowest BCUT2D eigenvalue weighted by Crippen LogP contribution is -2.50. The summed E-state index contributed by atoms with van der Waals surface area (Å²) in [6.07, 6.45) is 5.32. The van der Waals surface area contributed by atoms with Gasteiger partial charge in [0.15, 0.2) is 0 Å². The molecule has 0 radical (unpaired) electrons. The van der Waals surface area contributed by atoms with E-state index < -0.39 is 22.0 Å². The number of hydrogen-bond donors (Lipinski definition) is 0. The molecule has 0 spiro atoms. The Morgan fingerprint density at radius 3 is 2.38 bits per heavy atom. The summed E-state index contributed by atoms with van der Waals surface area (Å²) in [7, 11) is -2.20. The van der Waals surface area contributed by atoms with E-state index in [1.54, 1.807) is 13.1 Å². The van der Waals surface area contributed by atoms with Crippen molar-refractivity contribution in [2.24, 2.45) is 0 Å². The number of alkyl halides is 2. The average Bonchev–Trinajstić information content (AvgIpc) is 3.45. The van der Waals surface area contributed by atoms with Crippen LogP contribution < -0.4 is 0 Å². The molecule has 0 unspecified atom stereocenters. The molecular weight excluding hydrogens is 434 g/mol. The maximum absolute atomic E-state index is 13.8. The summed E-state index contributed by atoms with van der Waals surface area (Å²) in [4.78, 5) is 15.2. The van der Waals surface area contributed by atoms with Crippen molar-refractivity contribution < 1.29 is 22.0 Å². The highest BCUT2D eigenvalue weighted by Gasteiger charge is 2.44. The first-order chi connectivity index (χ1) is 15.1. The van der Waals surface area contributed by atoms with Gasteiger partial charge in [0.25, 0.3) is 0 Å². The summed E-state index contributed by atoms with van der Waals surface area (Å²) in [6.45, 7) is 2.28. The van der Waals surface area contributed by atoms with Crippen molar-refractivity contribution in [3.63, 3.8) is 0 Å². The Bertz CT molecular complexity index is 950. The van der Waals surface area contributed by atoms with Crippen molar-refractivity contribution in [1.29, 1.82) is 0 Å². The van der Waals surface area contributed by atoms with Crippen molar-refractivity contribution in [2.75, 3.05) is 13.6 Å². The van der Waals surface area contributed by atoms with E-state index in [2.05, 4.69) is 0 Å². The Hall–Kier alpha value is -1.54. The highest BCUT2D eigenvalue weighted by molar-refractivity contribution is 7.89. The van der Waals surface area contributed by atoms with Crippen LogP contribution >= 0.6 is 0 Å². The van der Waals surface area contributed by atoms with Crippen LogP contribution in [-0.2, 0) is 14.8 Å². The van der Waals surface area contributed by atoms with Gasteiger partial charge < -0.3 is 4.90 Å². The summed E-state index contributed by atoms with van der Waals surface area (Å²) in [6, 6.07) is 4.49. The number of hydrogen-bond acceptors (Lipinski definition) is 3. The number of sulfonamides is 1. The zero-order valence-corrected chi connectivity index (χ0v) is 19.8. The fourth-order valence-corrected chi connectivity index (χ4v) is 7.60. The molecule has 4 rings (SSSR count). The summed E-state index contributed by atoms with van der Waals surface area (Å²) in [5.41, 5.74) is 1.91. The predicted molar refractivity (Wildman–Crippen MR) is 119 cm³/mol. The van der Waals surface area contributed by atoms with Crippen molar-refractivity contribution in [3.8, 4) is 0 Å². The quantitative estimate of drug-likeness (QED) is 0.621. The third-order valence-corrected chi connectivity index (χ3v) is 9.60. The molecule has 178 valence electrons. The fraction of sp³-hybridized carbons (Fsp3) is 0.708. The molecule has 1 aromatic rings. The Morgan fingerprint density at radius 1 is 1.06 bits per heavy atom. The molecule has 32 heavy (non-hydrogen) atoms. The minimum Gasteiger partial charge on any atom is -0.341 e. The van der Waals surface area contributed by atoms with Gasteiger partial charge in [0, 0.05) is 32.5 Å². The lowest BCUT2D eigenvalue weighted by molar-refractivity contribution is -0.138. The molecule has 2 aliphatic carbocycles. The second-order valence-electron chi connectivity index (χ2n) is 9.83. The van der Waals surface area contributed by atoms with E-state index in [1.807, 2.05) is 19.1 Å². The Labute approximate surface area is 190 Å². The van der Waals surface area contributed by atoms with Crippen LogP contribution in [0.4, 0.5) is 8.78 Å². The Balaban J connectivity index is 1.57. The molecule has 0 aromatic heterocycles. The molecule has 3 fully saturated rings. The Kier molecular flexibility index (Phi) is 6.65. The van der Waals surface area contributed by atoms with E-state index in [0.29, 0.717) is 24.3 Å². The van der Waals surface area contributed by atoms with Crippen LogP contribution in [0.3, 0.4) is 0 Å². The number of amides is 1. The van der Waals surface area contributed by atoms with Gasteiger partial charge in [-0.1, -0.05) is 30.5 Å². The first-order valence-corrected chi connectivity index (χ1v) is 13.3. The second-order valence-corrected chi connectivity index (χ2v) is 11.7. The van der Waals surface area contributed by atoms with Gasteiger partial charge in [-0.15, -0.1) is 0 Å². The highest BCUT2D eigenvalue weighted by atomic mass is 32.2. The third kappa shape index (κ3) is 4.58. The van der Waals surface area contributed by atoms with Crippen LogP contribution in [-0.4, -0.2) is 55.1 Å². The van der Waals surface area contributed by atoms with E-state index in [4.69, 9.17) is 0 Å². The molecule has 1 heterocycles. The highest BCUT2D eigenvalue weighted by Crippen LogP contribution is 2.40. The normalized spacial score (nSPS) is 25.3. The molecule has 3 aliphatic rings. The fourth-order valence-electron chi connectivity index (χ4n) is 5.69. The van der Waals surface area contributed by atoms with Crippen LogP contribution in [0.1, 0.15) is 81.3 Å². The largest absolute Gasteiger partial charge is 0.341 e. The summed E-state index contributed by atoms with van der Waals surface area (Å²) >= 11 is 0. The van der Waals surface area contributed by atoms with Gasteiger partial charge >= 0.3 is 0 Å². The molecule has 0 bridgehead atoms. The number of likely N-dealkylation sites (N-methyl/N-ethyl adjacent to an activating group) is 1. The zero-order chi connectivity index (χ0) is 23.1. The minimum atomic E-state index is -3.83. The van der Waals surface area contributed by atoms with Crippen LogP contribution in [0.5, 0.6) is 0 Å². The standard InChI is InChI=1S/C24H34F2N2O3S/c1-17-9-10-22(20(16-17)18-6-3-4-7-18)32(30,31)28-15-5-8-21(28)23(29)27(2)19-11-13-24(25,26)14-12-19/h9-10,16,18-19,21H,3-8,11-15H2,1-2H3/t21-/m0/s1. The lowest BCUT2D eigenvalue weighted by atomic mass is 9.91. The van der Waals surface area contributed by atoms with Crippen LogP contribution in [0, 0.1) is 6.92 Å². The van der Waals surface area contributed by atoms with E-state index >= 15 is 0 Å². The molecule has 0 N–H and O–H groups in total. The van der Waals surface area contributed by atoms with Crippen LogP contribution in [0.25, 0.3) is 0 Å². The van der Waals surface area contributed by atoms with Gasteiger partial charge in [-0.3, -0.25) is 4.79 Å². The van der Waals surface area contributed by atoms with E-state index in [-0.39, 0.29) is 43.6 Å². The van der Waals surface area contributed by atoms with Gasteiger partial charge in [-0.2, -0.15) is 4.31 Å². The third-order valence-electron chi connectivity index (χ3n) is 7.62. The van der Waals surface area contributed by atoms with Gasteiger partial charge in [0.1, 0.15) is 6.04 Å². The summed E-state index contributed by atoms with van der Waals surface area (Å²) in [5.74, 6) is -2.69. The van der Waals surface area contributed by atoms with Crippen molar-refractivity contribution in [1.82, 2.24) is 9.21 Å². The van der Waals surface area contributed by atoms with Gasteiger partial charge in [-0.05, 0) is 63.0 Å². The molecule has 1 saturated heterocycles. The van der Waals surface area contributed by atoms with Gasteiger partial charge in [0.05, 0.1) is 4.90 Å². The molecule has 1 amide bonds. The summed E-state index contributed by atoms with van der Waals surface area (Å²) in [5, 5.41) is 0. The summed E-state index contributed by atoms with van der Waals surface area (Å²) < 4.78 is 56.0. The van der Waals surface area contributed by atoms with Crippen molar-refractivity contribution >= 4 is 15.9 Å². The smallest absolute Gasteiger partial charge is 0.248 e. The molecule has 1 aromatic carbocycles. The molecule has 8 heteroatoms. The monoisotopic (exact) mass is 468 g/mol. The van der Waals surface area contributed by atoms with Crippen molar-refractivity contribution in [2.45, 2.75) is 100.0 Å². The average molecular weight is 469 g/mol. The predicted octanol–water partition coefficient (Wildman–Crippen LogP) is 4.84. The molecular formula is C24H34F2N2O3S. The molecule has 5 nitrogen and oxygen atoms in total. The van der Waals surface area contributed by atoms with Crippen LogP contribution in [0.2, 0.25) is 0 Å². The van der Waals surface area contributed by atoms with E-state index in [0.717, 1.165) is 36.8 Å². The number of rotatable bonds is 5. The minimum absolute atomic E-state index is 0.226. The first-order valence-electron chi connectivity index (χ1n) is 11.9. The molecule has 1 aliphatic heterocycles. The van der Waals surface area contributed by atoms with Gasteiger partial charge in [0.2, 0.25) is 21.9 Å². The molecule has 2 saturated carbocycles. The number of halogens is 2. The zero-order valence-electron chi connectivity index (χ0n) is 19.0. The molecule has 1 atom stereocenters. The van der Waals surface area contributed by atoms with Crippen LogP contribution in [0.15, 0.2) is 23.1 Å². The topological polar surface area (TPSA) is 57.7 Å². The van der Waals surface area contributed by atoms with Gasteiger partial charge in [-0.25, -0.2) is 17.2 Å². The number of carbonyl (C=O) groups excluding carboxylic acids is 1. The lowest BCUT2D eigenvalue weighted by Gasteiger charge is -2.37. The van der Waals surface area contributed by atoms with Crippen molar-refractivity contribution in [3.05, 3.63) is 29.3 Å². The first kappa shape index (κ1) is 23.6. The SMILES string of the molecule is Cc1ccc(S(=O)(=O)N2CCC[C@H]2C(=O)N(C)C2CCC(F)(F)CC2)c(C2CCCC2)c1. The van der Waals surface area contributed by atoms with E-state index in [9.17, 15) is 22.0 Å². The number of carbonyl (C=O) groups is 1. The number of aryl methyl sites for hydroxylation is 1. The number of nitrogens with zero attached hydrogens (tertiary/aromatic N) is 2. The Morgan fingerprint density at radius 2 is 1.72 bits per heavy atom. The maximum atomic E-state index is 13.8. The number of benzene rings is 1. The van der Waals surface area contributed by atoms with E-state index in [1.165, 1.54) is 9.21 Å². The second kappa shape index (κ2) is 9.01. The maximum Gasteiger partial charge on any atom is 0.248 e.